The van der Waals surface area contributed by atoms with Crippen molar-refractivity contribution >= 4 is 52.4 Å². The van der Waals surface area contributed by atoms with Crippen LogP contribution in [0.15, 0.2) is 0 Å². The molecule has 208 valence electrons. The Balaban J connectivity index is 1.83. The smallest absolute Gasteiger partial charge is 0.307 e. The molecular weight excluding hydrogens is 517 g/mol. The molecule has 5 atom stereocenters. The zero-order valence-electron chi connectivity index (χ0n) is 23.1. The molecule has 7 nitrogen and oxygen atoms in total. The minimum absolute atomic E-state index is 0.119. The Hall–Kier alpha value is -1.47. The first-order valence-electron chi connectivity index (χ1n) is 13.3. The van der Waals surface area contributed by atoms with Crippen LogP contribution in [0.3, 0.4) is 0 Å². The number of fused-ring (bicyclic) bond motifs is 1. The lowest BCUT2D eigenvalue weighted by atomic mass is 9.75. The third-order valence-corrected chi connectivity index (χ3v) is 9.15. The normalized spacial score (nSPS) is 26.5. The maximum absolute atomic E-state index is 13.9. The number of ketones is 3. The zero-order chi connectivity index (χ0) is 28.1. The van der Waals surface area contributed by atoms with Crippen LogP contribution in [0.2, 0.25) is 0 Å². The molecule has 0 aromatic heterocycles. The van der Waals surface area contributed by atoms with Crippen molar-refractivity contribution in [1.29, 1.82) is 0 Å². The Bertz CT molecular complexity index is 959. The summed E-state index contributed by atoms with van der Waals surface area (Å²) in [5, 5.41) is 0. The molecule has 2 aliphatic carbocycles. The number of halogens is 2. The van der Waals surface area contributed by atoms with Gasteiger partial charge in [-0.25, -0.2) is 0 Å². The van der Waals surface area contributed by atoms with E-state index in [-0.39, 0.29) is 37.0 Å². The lowest BCUT2D eigenvalue weighted by Gasteiger charge is -2.37. The van der Waals surface area contributed by atoms with Gasteiger partial charge in [0.15, 0.2) is 11.6 Å². The Labute approximate surface area is 230 Å². The molecule has 0 unspecified atom stereocenters. The highest BCUT2D eigenvalue weighted by atomic mass is 35.5. The molecule has 1 amide bonds. The lowest BCUT2D eigenvalue weighted by Crippen LogP contribution is -2.51. The van der Waals surface area contributed by atoms with Crippen molar-refractivity contribution in [2.24, 2.45) is 35.0 Å². The van der Waals surface area contributed by atoms with Gasteiger partial charge in [-0.3, -0.25) is 24.0 Å². The number of rotatable bonds is 10. The molecule has 37 heavy (non-hydrogen) atoms. The third kappa shape index (κ3) is 6.76. The van der Waals surface area contributed by atoms with Gasteiger partial charge < -0.3 is 9.64 Å². The van der Waals surface area contributed by atoms with Gasteiger partial charge >= 0.3 is 5.97 Å². The number of likely N-dealkylation sites (tertiary alicyclic amines) is 1. The van der Waals surface area contributed by atoms with Crippen molar-refractivity contribution in [3.05, 3.63) is 0 Å². The number of Topliss-reactive ketones (excluding diaryl/α,β-unsaturated/α-hetero) is 3. The van der Waals surface area contributed by atoms with Gasteiger partial charge in [0.1, 0.15) is 9.93 Å². The lowest BCUT2D eigenvalue weighted by molar-refractivity contribution is -0.161. The van der Waals surface area contributed by atoms with Gasteiger partial charge in [0.05, 0.1) is 18.4 Å². The summed E-state index contributed by atoms with van der Waals surface area (Å²) in [4.78, 5) is 66.4. The molecule has 0 spiro atoms. The predicted octanol–water partition coefficient (Wildman–Crippen LogP) is 4.93. The monoisotopic (exact) mass is 557 g/mol. The Kier molecular flexibility index (Phi) is 8.61. The van der Waals surface area contributed by atoms with Gasteiger partial charge in [0.25, 0.3) is 0 Å². The molecule has 1 saturated heterocycles. The van der Waals surface area contributed by atoms with E-state index < -0.39 is 56.7 Å². The summed E-state index contributed by atoms with van der Waals surface area (Å²) in [6.07, 6.45) is 3.31. The summed E-state index contributed by atoms with van der Waals surface area (Å²) in [7, 11) is 0. The van der Waals surface area contributed by atoms with Gasteiger partial charge in [0.2, 0.25) is 11.7 Å². The first-order chi connectivity index (χ1) is 16.8. The zero-order valence-corrected chi connectivity index (χ0v) is 24.6. The standard InChI is InChI=1S/C28H41Cl2NO6/c1-15(32)24(35)17(11-16-9-8-10-16)12-20(33)23-22-19(28(22,29)30)14-31(23)25(36)18(26(2,3)4)13-21(34)37-27(5,6)7/h16-19,22-23H,8-14H2,1-7H3/t17-,18-,19+,22+,23-/m1/s1. The number of carbonyl (C=O) groups is 5. The number of alkyl halides is 2. The van der Waals surface area contributed by atoms with Gasteiger partial charge in [-0.1, -0.05) is 40.0 Å². The van der Waals surface area contributed by atoms with E-state index in [2.05, 4.69) is 0 Å². The topological polar surface area (TPSA) is 97.8 Å². The van der Waals surface area contributed by atoms with Gasteiger partial charge in [-0.2, -0.15) is 0 Å². The molecule has 9 heteroatoms. The van der Waals surface area contributed by atoms with Crippen LogP contribution < -0.4 is 0 Å². The Morgan fingerprint density at radius 2 is 1.59 bits per heavy atom. The van der Waals surface area contributed by atoms with E-state index in [9.17, 15) is 24.0 Å². The van der Waals surface area contributed by atoms with Crippen LogP contribution in [0, 0.1) is 35.0 Å². The number of hydrogen-bond donors (Lipinski definition) is 0. The highest BCUT2D eigenvalue weighted by Gasteiger charge is 2.73. The van der Waals surface area contributed by atoms with Crippen LogP contribution >= 0.6 is 23.2 Å². The number of piperidine rings is 1. The molecular formula is C28H41Cl2NO6. The fourth-order valence-corrected chi connectivity index (χ4v) is 6.61. The first-order valence-corrected chi connectivity index (χ1v) is 14.1. The van der Waals surface area contributed by atoms with Crippen molar-refractivity contribution in [2.45, 2.75) is 103 Å². The number of amides is 1. The molecule has 2 saturated carbocycles. The van der Waals surface area contributed by atoms with E-state index in [4.69, 9.17) is 27.9 Å². The quantitative estimate of drug-likeness (QED) is 0.214. The number of carbonyl (C=O) groups excluding carboxylic acids is 5. The van der Waals surface area contributed by atoms with E-state index in [0.29, 0.717) is 12.3 Å². The number of nitrogens with zero attached hydrogens (tertiary/aromatic N) is 1. The second-order valence-corrected chi connectivity index (χ2v) is 14.7. The van der Waals surface area contributed by atoms with E-state index in [0.717, 1.165) is 19.3 Å². The first kappa shape index (κ1) is 30.1. The molecule has 0 aromatic rings. The fraction of sp³-hybridized carbons (Fsp3) is 0.821. The number of ether oxygens (including phenoxy) is 1. The minimum atomic E-state index is -1.12. The molecule has 3 aliphatic rings. The van der Waals surface area contributed by atoms with Crippen molar-refractivity contribution in [3.8, 4) is 0 Å². The summed E-state index contributed by atoms with van der Waals surface area (Å²) in [5.41, 5.74) is -1.27. The van der Waals surface area contributed by atoms with Crippen LogP contribution in [0.5, 0.6) is 0 Å². The molecule has 1 heterocycles. The molecule has 0 bridgehead atoms. The summed E-state index contributed by atoms with van der Waals surface area (Å²) in [6.45, 7) is 12.4. The second kappa shape index (κ2) is 10.6. The van der Waals surface area contributed by atoms with Gasteiger partial charge in [0, 0.05) is 37.6 Å². The molecule has 3 rings (SSSR count). The van der Waals surface area contributed by atoms with Crippen LogP contribution in [-0.4, -0.2) is 56.6 Å². The predicted molar refractivity (Wildman–Crippen MR) is 141 cm³/mol. The van der Waals surface area contributed by atoms with Crippen molar-refractivity contribution in [1.82, 2.24) is 4.90 Å². The third-order valence-electron chi connectivity index (χ3n) is 8.09. The Morgan fingerprint density at radius 3 is 2.05 bits per heavy atom. The van der Waals surface area contributed by atoms with Gasteiger partial charge in [-0.15, -0.1) is 23.2 Å². The molecule has 3 fully saturated rings. The van der Waals surface area contributed by atoms with Crippen LogP contribution in [0.25, 0.3) is 0 Å². The van der Waals surface area contributed by atoms with Crippen molar-refractivity contribution in [3.63, 3.8) is 0 Å². The van der Waals surface area contributed by atoms with E-state index in [1.807, 2.05) is 20.8 Å². The van der Waals surface area contributed by atoms with Crippen LogP contribution in [0.4, 0.5) is 0 Å². The SMILES string of the molecule is CC(=O)C(=O)[C@@H](CC(=O)[C@@H]1[C@@H]2[C@H](CN1C(=O)[C@@H](CC(=O)OC(C)(C)C)C(C)(C)C)C2(Cl)Cl)CC1CCC1. The van der Waals surface area contributed by atoms with E-state index in [1.54, 1.807) is 20.8 Å². The van der Waals surface area contributed by atoms with Gasteiger partial charge in [-0.05, 0) is 38.5 Å². The van der Waals surface area contributed by atoms with Crippen molar-refractivity contribution in [2.75, 3.05) is 6.54 Å². The average molecular weight is 559 g/mol. The highest BCUT2D eigenvalue weighted by Crippen LogP contribution is 2.66. The van der Waals surface area contributed by atoms with Crippen LogP contribution in [0.1, 0.15) is 87.0 Å². The number of hydrogen-bond acceptors (Lipinski definition) is 6. The van der Waals surface area contributed by atoms with E-state index in [1.165, 1.54) is 11.8 Å². The van der Waals surface area contributed by atoms with Crippen molar-refractivity contribution < 1.29 is 28.7 Å². The highest BCUT2D eigenvalue weighted by molar-refractivity contribution is 6.51. The summed E-state index contributed by atoms with van der Waals surface area (Å²) in [6, 6.07) is -0.889. The largest absolute Gasteiger partial charge is 0.460 e. The Morgan fingerprint density at radius 1 is 1.00 bits per heavy atom. The molecule has 0 radical (unpaired) electrons. The molecule has 0 aromatic carbocycles. The number of esters is 1. The average Bonchev–Trinajstić information content (AvgIpc) is 3.06. The summed E-state index contributed by atoms with van der Waals surface area (Å²) >= 11 is 13.0. The summed E-state index contributed by atoms with van der Waals surface area (Å²) in [5.74, 6) is -3.99. The van der Waals surface area contributed by atoms with E-state index >= 15 is 0 Å². The maximum Gasteiger partial charge on any atom is 0.307 e. The molecule has 0 N–H and O–H groups in total. The fourth-order valence-electron chi connectivity index (χ4n) is 5.78. The maximum atomic E-state index is 13.9. The second-order valence-electron chi connectivity index (χ2n) is 13.3. The summed E-state index contributed by atoms with van der Waals surface area (Å²) < 4.78 is 4.36. The molecule has 1 aliphatic heterocycles. The van der Waals surface area contributed by atoms with Crippen LogP contribution in [-0.2, 0) is 28.7 Å². The minimum Gasteiger partial charge on any atom is -0.460 e.